The lowest BCUT2D eigenvalue weighted by Crippen LogP contribution is -2.08. The van der Waals surface area contributed by atoms with Gasteiger partial charge < -0.3 is 9.47 Å². The number of hydrogen-bond acceptors (Lipinski definition) is 2. The molecule has 24 heavy (non-hydrogen) atoms. The highest BCUT2D eigenvalue weighted by Gasteiger charge is 2.14. The molecule has 0 saturated heterocycles. The summed E-state index contributed by atoms with van der Waals surface area (Å²) in [5, 5.41) is 2.07. The van der Waals surface area contributed by atoms with Gasteiger partial charge in [-0.15, -0.1) is 0 Å². The second-order valence-electron chi connectivity index (χ2n) is 5.57. The van der Waals surface area contributed by atoms with Crippen LogP contribution in [0.25, 0.3) is 22.3 Å². The van der Waals surface area contributed by atoms with E-state index in [2.05, 4.69) is 18.2 Å². The molecule has 0 atom stereocenters. The van der Waals surface area contributed by atoms with Crippen LogP contribution < -0.4 is 14.7 Å². The molecule has 0 heterocycles. The minimum Gasteiger partial charge on any atom is -0.497 e. The van der Waals surface area contributed by atoms with Crippen molar-refractivity contribution >= 4 is 27.0 Å². The predicted molar refractivity (Wildman–Crippen MR) is 105 cm³/mol. The number of benzene rings is 3. The van der Waals surface area contributed by atoms with Crippen LogP contribution in [0.15, 0.2) is 60.7 Å². The standard InChI is InChI=1S/C20H19ClO2Si/c1-22-15-7-3-13(4-8-15)19-17(21)11-12-18(24)20(19)14-5-9-16(23-2)10-6-14/h3-12H,1-2,24H3. The van der Waals surface area contributed by atoms with Crippen molar-refractivity contribution in [3.8, 4) is 33.8 Å². The second-order valence-corrected chi connectivity index (χ2v) is 7.06. The average molecular weight is 355 g/mol. The van der Waals surface area contributed by atoms with Gasteiger partial charge in [0.15, 0.2) is 0 Å². The molecule has 0 amide bonds. The molecule has 0 aromatic heterocycles. The third-order valence-corrected chi connectivity index (χ3v) is 5.27. The molecule has 0 bridgehead atoms. The average Bonchev–Trinajstić information content (AvgIpc) is 2.63. The zero-order valence-corrected chi connectivity index (χ0v) is 16.7. The molecule has 0 aliphatic heterocycles. The summed E-state index contributed by atoms with van der Waals surface area (Å²) in [4.78, 5) is 0. The number of ether oxygens (including phenoxy) is 2. The molecule has 0 unspecified atom stereocenters. The van der Waals surface area contributed by atoms with E-state index in [9.17, 15) is 0 Å². The van der Waals surface area contributed by atoms with Crippen molar-refractivity contribution in [2.24, 2.45) is 0 Å². The van der Waals surface area contributed by atoms with Crippen molar-refractivity contribution in [2.75, 3.05) is 14.2 Å². The van der Waals surface area contributed by atoms with E-state index >= 15 is 0 Å². The Hall–Kier alpha value is -2.23. The maximum Gasteiger partial charge on any atom is 0.118 e. The van der Waals surface area contributed by atoms with E-state index in [1.807, 2.05) is 42.5 Å². The van der Waals surface area contributed by atoms with Crippen molar-refractivity contribution in [1.82, 2.24) is 0 Å². The third-order valence-electron chi connectivity index (χ3n) is 4.12. The van der Waals surface area contributed by atoms with Crippen LogP contribution in [0.3, 0.4) is 0 Å². The number of hydrogen-bond donors (Lipinski definition) is 0. The summed E-state index contributed by atoms with van der Waals surface area (Å²) >= 11 is 6.58. The van der Waals surface area contributed by atoms with Crippen LogP contribution >= 0.6 is 11.6 Å². The highest BCUT2D eigenvalue weighted by molar-refractivity contribution is 6.40. The lowest BCUT2D eigenvalue weighted by atomic mass is 9.94. The normalized spacial score (nSPS) is 10.6. The fourth-order valence-electron chi connectivity index (χ4n) is 2.85. The quantitative estimate of drug-likeness (QED) is 0.665. The Morgan fingerprint density at radius 2 is 1.12 bits per heavy atom. The van der Waals surface area contributed by atoms with Gasteiger partial charge in [-0.25, -0.2) is 0 Å². The Morgan fingerprint density at radius 1 is 0.667 bits per heavy atom. The molecule has 3 rings (SSSR count). The van der Waals surface area contributed by atoms with Gasteiger partial charge >= 0.3 is 0 Å². The third kappa shape index (κ3) is 3.18. The van der Waals surface area contributed by atoms with Crippen molar-refractivity contribution in [2.45, 2.75) is 0 Å². The summed E-state index contributed by atoms with van der Waals surface area (Å²) in [6, 6.07) is 20.2. The lowest BCUT2D eigenvalue weighted by Gasteiger charge is -2.16. The van der Waals surface area contributed by atoms with E-state index in [1.165, 1.54) is 10.8 Å². The molecule has 2 nitrogen and oxygen atoms in total. The first-order chi connectivity index (χ1) is 11.6. The molecule has 3 aromatic rings. The fourth-order valence-corrected chi connectivity index (χ4v) is 3.82. The molecule has 0 N–H and O–H groups in total. The minimum absolute atomic E-state index is 0.755. The van der Waals surface area contributed by atoms with Crippen LogP contribution in [0, 0.1) is 0 Å². The Kier molecular flexibility index (Phi) is 4.93. The van der Waals surface area contributed by atoms with E-state index in [0.29, 0.717) is 0 Å². The van der Waals surface area contributed by atoms with Crippen LogP contribution in [0.2, 0.25) is 5.02 Å². The topological polar surface area (TPSA) is 18.5 Å². The number of halogens is 1. The van der Waals surface area contributed by atoms with Gasteiger partial charge in [0, 0.05) is 20.8 Å². The summed E-state index contributed by atoms with van der Waals surface area (Å²) in [5.41, 5.74) is 4.50. The van der Waals surface area contributed by atoms with Gasteiger partial charge in [-0.1, -0.05) is 47.1 Å². The van der Waals surface area contributed by atoms with Gasteiger partial charge in [-0.2, -0.15) is 0 Å². The molecule has 0 fully saturated rings. The Labute approximate surface area is 150 Å². The molecule has 0 radical (unpaired) electrons. The van der Waals surface area contributed by atoms with Gasteiger partial charge in [0.05, 0.1) is 14.2 Å². The lowest BCUT2D eigenvalue weighted by molar-refractivity contribution is 0.414. The van der Waals surface area contributed by atoms with Crippen LogP contribution in [0.5, 0.6) is 11.5 Å². The van der Waals surface area contributed by atoms with E-state index in [4.69, 9.17) is 21.1 Å². The number of methoxy groups -OCH3 is 2. The Balaban J connectivity index is 2.19. The van der Waals surface area contributed by atoms with Gasteiger partial charge in [0.2, 0.25) is 0 Å². The Morgan fingerprint density at radius 3 is 1.58 bits per heavy atom. The first kappa shape index (κ1) is 16.6. The summed E-state index contributed by atoms with van der Waals surface area (Å²) in [5.74, 6) is 1.68. The van der Waals surface area contributed by atoms with Crippen LogP contribution in [0.1, 0.15) is 0 Å². The number of rotatable bonds is 4. The molecule has 122 valence electrons. The van der Waals surface area contributed by atoms with Gasteiger partial charge in [0.25, 0.3) is 0 Å². The highest BCUT2D eigenvalue weighted by Crippen LogP contribution is 2.37. The van der Waals surface area contributed by atoms with Crippen molar-refractivity contribution in [3.05, 3.63) is 65.7 Å². The molecule has 3 aromatic carbocycles. The molecule has 0 aliphatic carbocycles. The van der Waals surface area contributed by atoms with Gasteiger partial charge in [-0.3, -0.25) is 0 Å². The maximum absolute atomic E-state index is 6.58. The fraction of sp³-hybridized carbons (Fsp3) is 0.100. The molecule has 0 aliphatic rings. The summed E-state index contributed by atoms with van der Waals surface area (Å²) in [7, 11) is 4.29. The second kappa shape index (κ2) is 7.12. The highest BCUT2D eigenvalue weighted by atomic mass is 35.5. The van der Waals surface area contributed by atoms with E-state index < -0.39 is 0 Å². The summed E-state index contributed by atoms with van der Waals surface area (Å²) < 4.78 is 10.5. The van der Waals surface area contributed by atoms with Gasteiger partial charge in [-0.05, 0) is 47.0 Å². The summed E-state index contributed by atoms with van der Waals surface area (Å²) in [6.45, 7) is 0. The maximum atomic E-state index is 6.58. The van der Waals surface area contributed by atoms with E-state index in [-0.39, 0.29) is 0 Å². The molecule has 4 heteroatoms. The molecular formula is C20H19ClO2Si. The smallest absolute Gasteiger partial charge is 0.118 e. The van der Waals surface area contributed by atoms with Gasteiger partial charge in [0.1, 0.15) is 11.5 Å². The summed E-state index contributed by atoms with van der Waals surface area (Å²) in [6.07, 6.45) is 0. The SMILES string of the molecule is COc1ccc(-c2c([SiH3])ccc(Cl)c2-c2ccc(OC)cc2)cc1. The van der Waals surface area contributed by atoms with Crippen LogP contribution in [-0.2, 0) is 0 Å². The van der Waals surface area contributed by atoms with Crippen LogP contribution in [0.4, 0.5) is 0 Å². The molecule has 0 saturated carbocycles. The van der Waals surface area contributed by atoms with Crippen molar-refractivity contribution in [3.63, 3.8) is 0 Å². The van der Waals surface area contributed by atoms with Crippen molar-refractivity contribution in [1.29, 1.82) is 0 Å². The monoisotopic (exact) mass is 354 g/mol. The Bertz CT molecular complexity index is 770. The zero-order chi connectivity index (χ0) is 17.1. The molecule has 0 spiro atoms. The van der Waals surface area contributed by atoms with Crippen LogP contribution in [-0.4, -0.2) is 24.5 Å². The minimum atomic E-state index is 0.755. The van der Waals surface area contributed by atoms with Crippen molar-refractivity contribution < 1.29 is 9.47 Å². The first-order valence-electron chi connectivity index (χ1n) is 7.72. The van der Waals surface area contributed by atoms with E-state index in [0.717, 1.165) is 43.5 Å². The first-order valence-corrected chi connectivity index (χ1v) is 9.10. The predicted octanol–water partition coefficient (Wildman–Crippen LogP) is 3.68. The molecular weight excluding hydrogens is 336 g/mol. The van der Waals surface area contributed by atoms with E-state index in [1.54, 1.807) is 14.2 Å². The zero-order valence-electron chi connectivity index (χ0n) is 14.0. The largest absolute Gasteiger partial charge is 0.497 e.